The molecule has 6 heteroatoms. The standard InChI is InChI=1S/C11H12N2O4/c14-4-3-10(15)12-7-1-2-9-8(5-7)13-11(16)6-17-9/h1-2,5,14H,3-4,6H2,(H,12,15)(H,13,16). The van der Waals surface area contributed by atoms with E-state index in [0.717, 1.165) is 0 Å². The van der Waals surface area contributed by atoms with Gasteiger partial charge >= 0.3 is 0 Å². The number of aliphatic hydroxyl groups excluding tert-OH is 1. The predicted octanol–water partition coefficient (Wildman–Crippen LogP) is 0.338. The van der Waals surface area contributed by atoms with E-state index in [0.29, 0.717) is 17.1 Å². The molecule has 0 unspecified atom stereocenters. The van der Waals surface area contributed by atoms with Gasteiger partial charge in [-0.1, -0.05) is 0 Å². The SMILES string of the molecule is O=C(CCO)Nc1ccc2c(c1)NC(=O)CO2. The zero-order chi connectivity index (χ0) is 12.3. The molecular weight excluding hydrogens is 224 g/mol. The van der Waals surface area contributed by atoms with Crippen LogP contribution in [-0.2, 0) is 9.59 Å². The molecule has 1 aromatic carbocycles. The Balaban J connectivity index is 2.13. The molecule has 0 aliphatic carbocycles. The van der Waals surface area contributed by atoms with Gasteiger partial charge in [0.1, 0.15) is 5.75 Å². The fourth-order valence-corrected chi connectivity index (χ4v) is 1.49. The average molecular weight is 236 g/mol. The third kappa shape index (κ3) is 2.73. The maximum atomic E-state index is 11.3. The average Bonchev–Trinajstić information content (AvgIpc) is 2.28. The fraction of sp³-hybridized carbons (Fsp3) is 0.273. The Hall–Kier alpha value is -2.08. The Bertz CT molecular complexity index is 459. The van der Waals surface area contributed by atoms with Crippen molar-refractivity contribution in [2.75, 3.05) is 23.8 Å². The summed E-state index contributed by atoms with van der Waals surface area (Å²) in [4.78, 5) is 22.4. The molecule has 0 atom stereocenters. The highest BCUT2D eigenvalue weighted by atomic mass is 16.5. The molecule has 0 aromatic heterocycles. The molecule has 0 bridgehead atoms. The summed E-state index contributed by atoms with van der Waals surface area (Å²) in [6.07, 6.45) is 0.0416. The van der Waals surface area contributed by atoms with E-state index >= 15 is 0 Å². The first-order valence-corrected chi connectivity index (χ1v) is 5.16. The van der Waals surface area contributed by atoms with Crippen molar-refractivity contribution >= 4 is 23.2 Å². The van der Waals surface area contributed by atoms with Crippen LogP contribution in [-0.4, -0.2) is 30.1 Å². The summed E-state index contributed by atoms with van der Waals surface area (Å²) in [5.74, 6) is 0.0663. The number of carbonyl (C=O) groups excluding carboxylic acids is 2. The Labute approximate surface area is 97.6 Å². The Morgan fingerprint density at radius 2 is 2.35 bits per heavy atom. The molecule has 1 aliphatic heterocycles. The largest absolute Gasteiger partial charge is 0.482 e. The lowest BCUT2D eigenvalue weighted by Crippen LogP contribution is -2.25. The van der Waals surface area contributed by atoms with E-state index in [1.807, 2.05) is 0 Å². The van der Waals surface area contributed by atoms with Gasteiger partial charge < -0.3 is 20.5 Å². The van der Waals surface area contributed by atoms with Gasteiger partial charge in [-0.3, -0.25) is 9.59 Å². The number of benzene rings is 1. The maximum Gasteiger partial charge on any atom is 0.262 e. The van der Waals surface area contributed by atoms with Gasteiger partial charge in [-0.25, -0.2) is 0 Å². The van der Waals surface area contributed by atoms with Gasteiger partial charge in [0, 0.05) is 5.69 Å². The Morgan fingerprint density at radius 1 is 1.53 bits per heavy atom. The minimum Gasteiger partial charge on any atom is -0.482 e. The second kappa shape index (κ2) is 4.84. The van der Waals surface area contributed by atoms with Crippen LogP contribution in [0.2, 0.25) is 0 Å². The first kappa shape index (κ1) is 11.4. The van der Waals surface area contributed by atoms with Crippen molar-refractivity contribution in [3.63, 3.8) is 0 Å². The van der Waals surface area contributed by atoms with Crippen molar-refractivity contribution in [3.8, 4) is 5.75 Å². The Morgan fingerprint density at radius 3 is 3.12 bits per heavy atom. The molecule has 0 fully saturated rings. The van der Waals surface area contributed by atoms with E-state index in [4.69, 9.17) is 9.84 Å². The van der Waals surface area contributed by atoms with Crippen molar-refractivity contribution in [2.45, 2.75) is 6.42 Å². The van der Waals surface area contributed by atoms with E-state index in [-0.39, 0.29) is 31.4 Å². The van der Waals surface area contributed by atoms with Crippen LogP contribution >= 0.6 is 0 Å². The normalized spacial score (nSPS) is 13.4. The summed E-state index contributed by atoms with van der Waals surface area (Å²) < 4.78 is 5.18. The summed E-state index contributed by atoms with van der Waals surface area (Å²) in [5, 5.41) is 13.8. The quantitative estimate of drug-likeness (QED) is 0.706. The molecule has 0 saturated carbocycles. The molecule has 1 heterocycles. The topological polar surface area (TPSA) is 87.7 Å². The number of aliphatic hydroxyl groups is 1. The molecule has 1 aliphatic rings. The molecule has 0 spiro atoms. The zero-order valence-electron chi connectivity index (χ0n) is 9.03. The van der Waals surface area contributed by atoms with Gasteiger partial charge in [0.15, 0.2) is 6.61 Å². The number of rotatable bonds is 3. The minimum absolute atomic E-state index is 0.00319. The highest BCUT2D eigenvalue weighted by Crippen LogP contribution is 2.30. The van der Waals surface area contributed by atoms with Crippen LogP contribution in [0.15, 0.2) is 18.2 Å². The van der Waals surface area contributed by atoms with Gasteiger partial charge in [-0.05, 0) is 18.2 Å². The van der Waals surface area contributed by atoms with Crippen LogP contribution in [0.3, 0.4) is 0 Å². The van der Waals surface area contributed by atoms with E-state index in [1.165, 1.54) is 0 Å². The fourth-order valence-electron chi connectivity index (χ4n) is 1.49. The molecule has 2 amide bonds. The Kier molecular flexibility index (Phi) is 3.24. The molecule has 2 rings (SSSR count). The molecule has 6 nitrogen and oxygen atoms in total. The molecular formula is C11H12N2O4. The van der Waals surface area contributed by atoms with Gasteiger partial charge in [0.2, 0.25) is 5.91 Å². The zero-order valence-corrected chi connectivity index (χ0v) is 9.03. The van der Waals surface area contributed by atoms with Crippen LogP contribution in [0.25, 0.3) is 0 Å². The number of anilines is 2. The monoisotopic (exact) mass is 236 g/mol. The van der Waals surface area contributed by atoms with E-state index in [2.05, 4.69) is 10.6 Å². The van der Waals surface area contributed by atoms with Crippen LogP contribution in [0, 0.1) is 0 Å². The lowest BCUT2D eigenvalue weighted by Gasteiger charge is -2.18. The smallest absolute Gasteiger partial charge is 0.262 e. The molecule has 90 valence electrons. The molecule has 0 saturated heterocycles. The van der Waals surface area contributed by atoms with Crippen LogP contribution < -0.4 is 15.4 Å². The number of fused-ring (bicyclic) bond motifs is 1. The van der Waals surface area contributed by atoms with E-state index in [1.54, 1.807) is 18.2 Å². The lowest BCUT2D eigenvalue weighted by atomic mass is 10.2. The second-order valence-corrected chi connectivity index (χ2v) is 3.57. The number of hydrogen-bond donors (Lipinski definition) is 3. The highest BCUT2D eigenvalue weighted by molar-refractivity contribution is 5.97. The van der Waals surface area contributed by atoms with Crippen molar-refractivity contribution in [2.24, 2.45) is 0 Å². The summed E-state index contributed by atoms with van der Waals surface area (Å²) in [7, 11) is 0. The number of ether oxygens (including phenoxy) is 1. The van der Waals surface area contributed by atoms with Gasteiger partial charge in [0.05, 0.1) is 18.7 Å². The number of nitrogens with one attached hydrogen (secondary N) is 2. The van der Waals surface area contributed by atoms with Crippen molar-refractivity contribution in [3.05, 3.63) is 18.2 Å². The molecule has 3 N–H and O–H groups in total. The number of carbonyl (C=O) groups is 2. The third-order valence-corrected chi connectivity index (χ3v) is 2.24. The van der Waals surface area contributed by atoms with Crippen LogP contribution in [0.4, 0.5) is 11.4 Å². The highest BCUT2D eigenvalue weighted by Gasteiger charge is 2.16. The molecule has 17 heavy (non-hydrogen) atoms. The van der Waals surface area contributed by atoms with Crippen molar-refractivity contribution in [1.29, 1.82) is 0 Å². The number of hydrogen-bond acceptors (Lipinski definition) is 4. The summed E-state index contributed by atoms with van der Waals surface area (Å²) in [5.41, 5.74) is 1.08. The lowest BCUT2D eigenvalue weighted by molar-refractivity contribution is -0.118. The third-order valence-electron chi connectivity index (χ3n) is 2.24. The molecule has 1 aromatic rings. The first-order chi connectivity index (χ1) is 8.19. The number of amides is 2. The van der Waals surface area contributed by atoms with E-state index in [9.17, 15) is 9.59 Å². The van der Waals surface area contributed by atoms with Crippen LogP contribution in [0.1, 0.15) is 6.42 Å². The van der Waals surface area contributed by atoms with E-state index < -0.39 is 0 Å². The first-order valence-electron chi connectivity index (χ1n) is 5.16. The molecule has 0 radical (unpaired) electrons. The van der Waals surface area contributed by atoms with Gasteiger partial charge in [-0.15, -0.1) is 0 Å². The predicted molar refractivity (Wildman–Crippen MR) is 60.9 cm³/mol. The van der Waals surface area contributed by atoms with Crippen LogP contribution in [0.5, 0.6) is 5.75 Å². The summed E-state index contributed by atoms with van der Waals surface area (Å²) >= 11 is 0. The van der Waals surface area contributed by atoms with Crippen molar-refractivity contribution in [1.82, 2.24) is 0 Å². The summed E-state index contributed by atoms with van der Waals surface area (Å²) in [6, 6.07) is 4.95. The maximum absolute atomic E-state index is 11.3. The minimum atomic E-state index is -0.282. The van der Waals surface area contributed by atoms with Gasteiger partial charge in [0.25, 0.3) is 5.91 Å². The second-order valence-electron chi connectivity index (χ2n) is 3.57. The van der Waals surface area contributed by atoms with Gasteiger partial charge in [-0.2, -0.15) is 0 Å². The van der Waals surface area contributed by atoms with Crippen molar-refractivity contribution < 1.29 is 19.4 Å². The summed E-state index contributed by atoms with van der Waals surface area (Å²) in [6.45, 7) is -0.195.